The molecule has 2 rings (SSSR count). The molecular formula is C12H13FN2O. The van der Waals surface area contributed by atoms with Gasteiger partial charge < -0.3 is 9.73 Å². The molecule has 1 aliphatic rings. The molecule has 2 heterocycles. The van der Waals surface area contributed by atoms with Gasteiger partial charge in [0.05, 0.1) is 6.20 Å². The van der Waals surface area contributed by atoms with Crippen LogP contribution in [0.15, 0.2) is 34.1 Å². The van der Waals surface area contributed by atoms with E-state index < -0.39 is 5.83 Å². The van der Waals surface area contributed by atoms with Gasteiger partial charge in [0.2, 0.25) is 0 Å². The molecule has 84 valence electrons. The Balaban J connectivity index is 2.27. The predicted octanol–water partition coefficient (Wildman–Crippen LogP) is 2.45. The number of hydrogen-bond donors (Lipinski definition) is 1. The second kappa shape index (κ2) is 4.45. The topological polar surface area (TPSA) is 37.5 Å². The Labute approximate surface area is 93.4 Å². The second-order valence-corrected chi connectivity index (χ2v) is 3.62. The van der Waals surface area contributed by atoms with Crippen LogP contribution in [-0.2, 0) is 13.0 Å². The third-order valence-electron chi connectivity index (χ3n) is 2.53. The summed E-state index contributed by atoms with van der Waals surface area (Å²) in [5, 5.41) is 3.22. The first-order chi connectivity index (χ1) is 7.72. The van der Waals surface area contributed by atoms with Gasteiger partial charge in [0.1, 0.15) is 11.5 Å². The molecule has 0 radical (unpaired) electrons. The molecule has 1 N–H and O–H groups in total. The van der Waals surface area contributed by atoms with E-state index in [1.54, 1.807) is 0 Å². The monoisotopic (exact) mass is 220 g/mol. The van der Waals surface area contributed by atoms with Crippen LogP contribution in [0.25, 0.3) is 5.57 Å². The van der Waals surface area contributed by atoms with Gasteiger partial charge in [-0.15, -0.1) is 0 Å². The SMILES string of the molecule is C=N/C=C(/F)C(=C)c1cc2c(o1)CCNC2. The highest BCUT2D eigenvalue weighted by atomic mass is 19.1. The molecule has 1 aromatic heterocycles. The third-order valence-corrected chi connectivity index (χ3v) is 2.53. The first-order valence-electron chi connectivity index (χ1n) is 5.06. The second-order valence-electron chi connectivity index (χ2n) is 3.62. The minimum Gasteiger partial charge on any atom is -0.461 e. The van der Waals surface area contributed by atoms with Crippen LogP contribution in [0, 0.1) is 0 Å². The largest absolute Gasteiger partial charge is 0.461 e. The van der Waals surface area contributed by atoms with E-state index in [-0.39, 0.29) is 5.57 Å². The molecule has 0 saturated heterocycles. The number of nitrogens with one attached hydrogen (secondary N) is 1. The summed E-state index contributed by atoms with van der Waals surface area (Å²) in [7, 11) is 0. The van der Waals surface area contributed by atoms with Crippen molar-refractivity contribution in [3.8, 4) is 0 Å². The summed E-state index contributed by atoms with van der Waals surface area (Å²) in [5.74, 6) is 0.856. The summed E-state index contributed by atoms with van der Waals surface area (Å²) in [5.41, 5.74) is 1.28. The number of hydrogen-bond acceptors (Lipinski definition) is 3. The van der Waals surface area contributed by atoms with E-state index in [1.165, 1.54) is 0 Å². The lowest BCUT2D eigenvalue weighted by atomic mass is 10.1. The average Bonchev–Trinajstić information content (AvgIpc) is 2.71. The first kappa shape index (κ1) is 10.8. The minimum absolute atomic E-state index is 0.210. The van der Waals surface area contributed by atoms with Crippen LogP contribution in [0.1, 0.15) is 17.1 Å². The van der Waals surface area contributed by atoms with Gasteiger partial charge >= 0.3 is 0 Å². The van der Waals surface area contributed by atoms with Crippen molar-refractivity contribution in [2.45, 2.75) is 13.0 Å². The van der Waals surface area contributed by atoms with Crippen molar-refractivity contribution < 1.29 is 8.81 Å². The lowest BCUT2D eigenvalue weighted by molar-refractivity contribution is 0.465. The molecule has 0 unspecified atom stereocenters. The number of fused-ring (bicyclic) bond motifs is 1. The zero-order chi connectivity index (χ0) is 11.5. The zero-order valence-electron chi connectivity index (χ0n) is 8.92. The van der Waals surface area contributed by atoms with Gasteiger partial charge in [0.15, 0.2) is 5.83 Å². The average molecular weight is 220 g/mol. The number of nitrogens with zero attached hydrogens (tertiary/aromatic N) is 1. The van der Waals surface area contributed by atoms with Gasteiger partial charge in [-0.25, -0.2) is 4.39 Å². The fraction of sp³-hybridized carbons (Fsp3) is 0.250. The van der Waals surface area contributed by atoms with Crippen LogP contribution in [0.5, 0.6) is 0 Å². The van der Waals surface area contributed by atoms with Crippen LogP contribution in [0.2, 0.25) is 0 Å². The molecule has 0 aliphatic carbocycles. The van der Waals surface area contributed by atoms with E-state index in [2.05, 4.69) is 23.6 Å². The highest BCUT2D eigenvalue weighted by Gasteiger charge is 2.17. The highest BCUT2D eigenvalue weighted by molar-refractivity contribution is 5.72. The van der Waals surface area contributed by atoms with Crippen molar-refractivity contribution >= 4 is 12.3 Å². The summed E-state index contributed by atoms with van der Waals surface area (Å²) in [6.45, 7) is 8.48. The Kier molecular flexibility index (Phi) is 3.01. The van der Waals surface area contributed by atoms with Gasteiger partial charge in [0.25, 0.3) is 0 Å². The van der Waals surface area contributed by atoms with Crippen LogP contribution in [0.4, 0.5) is 4.39 Å². The van der Waals surface area contributed by atoms with Gasteiger partial charge in [0, 0.05) is 30.6 Å². The first-order valence-corrected chi connectivity index (χ1v) is 5.06. The van der Waals surface area contributed by atoms with E-state index in [4.69, 9.17) is 4.42 Å². The smallest absolute Gasteiger partial charge is 0.151 e. The van der Waals surface area contributed by atoms with E-state index in [0.717, 1.165) is 37.0 Å². The van der Waals surface area contributed by atoms with Gasteiger partial charge in [-0.3, -0.25) is 4.99 Å². The van der Waals surface area contributed by atoms with Gasteiger partial charge in [-0.1, -0.05) is 6.58 Å². The number of furan rings is 1. The number of rotatable bonds is 3. The zero-order valence-corrected chi connectivity index (χ0v) is 8.92. The van der Waals surface area contributed by atoms with Crippen molar-refractivity contribution in [1.82, 2.24) is 5.32 Å². The fourth-order valence-electron chi connectivity index (χ4n) is 1.68. The van der Waals surface area contributed by atoms with Crippen molar-refractivity contribution in [3.63, 3.8) is 0 Å². The Hall–Kier alpha value is -1.68. The third kappa shape index (κ3) is 1.97. The summed E-state index contributed by atoms with van der Waals surface area (Å²) in [6, 6.07) is 1.82. The molecule has 1 aliphatic heterocycles. The normalized spacial score (nSPS) is 15.7. The van der Waals surface area contributed by atoms with Gasteiger partial charge in [-0.2, -0.15) is 0 Å². The Morgan fingerprint density at radius 2 is 2.44 bits per heavy atom. The Morgan fingerprint density at radius 3 is 3.12 bits per heavy atom. The minimum atomic E-state index is -0.519. The van der Waals surface area contributed by atoms with E-state index >= 15 is 0 Å². The van der Waals surface area contributed by atoms with Crippen molar-refractivity contribution in [3.05, 3.63) is 41.8 Å². The fourth-order valence-corrected chi connectivity index (χ4v) is 1.68. The maximum absolute atomic E-state index is 13.4. The molecule has 0 bridgehead atoms. The number of halogens is 1. The quantitative estimate of drug-likeness (QED) is 0.627. The number of aliphatic imine (C=N–C) groups is 1. The molecular weight excluding hydrogens is 207 g/mol. The molecule has 1 aromatic rings. The predicted molar refractivity (Wildman–Crippen MR) is 61.9 cm³/mol. The molecule has 0 fully saturated rings. The van der Waals surface area contributed by atoms with Gasteiger partial charge in [-0.05, 0) is 12.8 Å². The van der Waals surface area contributed by atoms with Crippen LogP contribution in [-0.4, -0.2) is 13.3 Å². The summed E-state index contributed by atoms with van der Waals surface area (Å²) < 4.78 is 19.0. The highest BCUT2D eigenvalue weighted by Crippen LogP contribution is 2.28. The maximum atomic E-state index is 13.4. The Morgan fingerprint density at radius 1 is 1.62 bits per heavy atom. The van der Waals surface area contributed by atoms with E-state index in [9.17, 15) is 4.39 Å². The van der Waals surface area contributed by atoms with Crippen LogP contribution >= 0.6 is 0 Å². The van der Waals surface area contributed by atoms with Crippen molar-refractivity contribution in [2.24, 2.45) is 4.99 Å². The maximum Gasteiger partial charge on any atom is 0.151 e. The lowest BCUT2D eigenvalue weighted by Crippen LogP contribution is -2.22. The molecule has 16 heavy (non-hydrogen) atoms. The van der Waals surface area contributed by atoms with Crippen molar-refractivity contribution in [1.29, 1.82) is 0 Å². The molecule has 0 amide bonds. The summed E-state index contributed by atoms with van der Waals surface area (Å²) >= 11 is 0. The molecule has 0 saturated carbocycles. The van der Waals surface area contributed by atoms with Crippen LogP contribution < -0.4 is 5.32 Å². The molecule has 3 nitrogen and oxygen atoms in total. The molecule has 0 aromatic carbocycles. The molecule has 4 heteroatoms. The van der Waals surface area contributed by atoms with Crippen LogP contribution in [0.3, 0.4) is 0 Å². The van der Waals surface area contributed by atoms with E-state index in [1.807, 2.05) is 6.07 Å². The lowest BCUT2D eigenvalue weighted by Gasteiger charge is -2.09. The number of allylic oxidation sites excluding steroid dienone is 2. The molecule has 0 atom stereocenters. The summed E-state index contributed by atoms with van der Waals surface area (Å²) in [4.78, 5) is 3.36. The molecule has 0 spiro atoms. The summed E-state index contributed by atoms with van der Waals surface area (Å²) in [6.07, 6.45) is 1.86. The Bertz CT molecular complexity index is 436. The van der Waals surface area contributed by atoms with E-state index in [0.29, 0.717) is 5.76 Å². The standard InChI is InChI=1S/C12H13FN2O/c1-8(10(13)7-14-2)12-5-9-6-15-4-3-11(9)16-12/h5,7,15H,1-4,6H2/b10-7+. The van der Waals surface area contributed by atoms with Crippen molar-refractivity contribution in [2.75, 3.05) is 6.54 Å².